The van der Waals surface area contributed by atoms with E-state index in [1.807, 2.05) is 31.4 Å². The van der Waals surface area contributed by atoms with Crippen LogP contribution in [0.3, 0.4) is 0 Å². The minimum atomic E-state index is -0.974. The van der Waals surface area contributed by atoms with Crippen molar-refractivity contribution in [2.75, 3.05) is 0 Å². The van der Waals surface area contributed by atoms with E-state index in [4.69, 9.17) is 10.9 Å². The van der Waals surface area contributed by atoms with Crippen molar-refractivity contribution in [1.29, 1.82) is 0 Å². The van der Waals surface area contributed by atoms with Crippen LogP contribution in [0.1, 0.15) is 32.1 Å². The number of amides is 1. The topological polar surface area (TPSA) is 87.7 Å². The van der Waals surface area contributed by atoms with Crippen LogP contribution >= 0.6 is 11.3 Å². The van der Waals surface area contributed by atoms with Gasteiger partial charge in [0.15, 0.2) is 5.84 Å². The Morgan fingerprint density at radius 2 is 2.37 bits per heavy atom. The first kappa shape index (κ1) is 15.5. The van der Waals surface area contributed by atoms with E-state index in [9.17, 15) is 4.79 Å². The summed E-state index contributed by atoms with van der Waals surface area (Å²) in [6, 6.07) is 4.03. The second-order valence-corrected chi connectivity index (χ2v) is 5.86. The molecule has 106 valence electrons. The van der Waals surface area contributed by atoms with Crippen LogP contribution < -0.4 is 11.1 Å². The number of nitrogens with one attached hydrogen (secondary N) is 1. The first-order chi connectivity index (χ1) is 8.93. The van der Waals surface area contributed by atoms with Gasteiger partial charge in [0.25, 0.3) is 0 Å². The predicted molar refractivity (Wildman–Crippen MR) is 77.4 cm³/mol. The molecule has 2 atom stereocenters. The number of rotatable bonds is 6. The Hall–Kier alpha value is -1.56. The Kier molecular flexibility index (Phi) is 5.35. The monoisotopic (exact) mass is 283 g/mol. The van der Waals surface area contributed by atoms with Crippen molar-refractivity contribution in [2.24, 2.45) is 16.3 Å². The molecule has 0 saturated heterocycles. The molecule has 4 N–H and O–H groups in total. The molecular weight excluding hydrogens is 262 g/mol. The van der Waals surface area contributed by atoms with E-state index in [1.54, 1.807) is 18.3 Å². The average Bonchev–Trinajstić information content (AvgIpc) is 2.89. The Bertz CT molecular complexity index is 445. The number of thiophene rings is 1. The van der Waals surface area contributed by atoms with Gasteiger partial charge in [0, 0.05) is 17.3 Å². The quantitative estimate of drug-likeness (QED) is 0.323. The molecule has 0 spiro atoms. The standard InChI is InChI=1S/C13H21N3O2S/c1-4-13(3,11(14)16-18)12(17)15-9(2)8-10-6-5-7-19-10/h5-7,9,18H,4,8H2,1-3H3,(H2,14,16)(H,15,17). The Morgan fingerprint density at radius 3 is 2.84 bits per heavy atom. The number of nitrogens with zero attached hydrogens (tertiary/aromatic N) is 1. The summed E-state index contributed by atoms with van der Waals surface area (Å²) in [5, 5.41) is 16.7. The molecule has 1 aromatic heterocycles. The van der Waals surface area contributed by atoms with Gasteiger partial charge in [-0.05, 0) is 31.7 Å². The van der Waals surface area contributed by atoms with Crippen molar-refractivity contribution in [2.45, 2.75) is 39.7 Å². The van der Waals surface area contributed by atoms with E-state index >= 15 is 0 Å². The van der Waals surface area contributed by atoms with Crippen molar-refractivity contribution < 1.29 is 10.0 Å². The lowest BCUT2D eigenvalue weighted by Gasteiger charge is -2.27. The summed E-state index contributed by atoms with van der Waals surface area (Å²) >= 11 is 1.66. The van der Waals surface area contributed by atoms with Crippen LogP contribution in [-0.2, 0) is 11.2 Å². The number of hydrogen-bond acceptors (Lipinski definition) is 4. The van der Waals surface area contributed by atoms with Crippen molar-refractivity contribution in [1.82, 2.24) is 5.32 Å². The molecule has 0 aliphatic carbocycles. The number of carbonyl (C=O) groups excluding carboxylic acids is 1. The maximum absolute atomic E-state index is 12.3. The van der Waals surface area contributed by atoms with Gasteiger partial charge < -0.3 is 16.3 Å². The fourth-order valence-electron chi connectivity index (χ4n) is 1.73. The van der Waals surface area contributed by atoms with Gasteiger partial charge in [-0.1, -0.05) is 18.1 Å². The highest BCUT2D eigenvalue weighted by molar-refractivity contribution is 7.09. The van der Waals surface area contributed by atoms with Crippen molar-refractivity contribution in [3.8, 4) is 0 Å². The van der Waals surface area contributed by atoms with Crippen molar-refractivity contribution >= 4 is 23.1 Å². The smallest absolute Gasteiger partial charge is 0.233 e. The maximum atomic E-state index is 12.3. The number of amidine groups is 1. The highest BCUT2D eigenvalue weighted by Gasteiger charge is 2.36. The summed E-state index contributed by atoms with van der Waals surface area (Å²) in [5.41, 5.74) is 4.64. The molecule has 0 aliphatic rings. The zero-order valence-corrected chi connectivity index (χ0v) is 12.3. The molecular formula is C13H21N3O2S. The van der Waals surface area contributed by atoms with Crippen LogP contribution in [0.2, 0.25) is 0 Å². The van der Waals surface area contributed by atoms with E-state index in [-0.39, 0.29) is 17.8 Å². The molecule has 0 aliphatic heterocycles. The lowest BCUT2D eigenvalue weighted by molar-refractivity contribution is -0.127. The predicted octanol–water partition coefficient (Wildman–Crippen LogP) is 1.96. The minimum absolute atomic E-state index is 0.00326. The summed E-state index contributed by atoms with van der Waals surface area (Å²) in [6.07, 6.45) is 1.25. The molecule has 1 amide bonds. The summed E-state index contributed by atoms with van der Waals surface area (Å²) in [7, 11) is 0. The summed E-state index contributed by atoms with van der Waals surface area (Å²) in [4.78, 5) is 13.5. The van der Waals surface area contributed by atoms with E-state index in [2.05, 4.69) is 10.5 Å². The van der Waals surface area contributed by atoms with E-state index in [0.717, 1.165) is 6.42 Å². The number of oxime groups is 1. The van der Waals surface area contributed by atoms with E-state index in [1.165, 1.54) is 4.88 Å². The number of hydrogen-bond donors (Lipinski definition) is 3. The largest absolute Gasteiger partial charge is 0.409 e. The van der Waals surface area contributed by atoms with E-state index in [0.29, 0.717) is 6.42 Å². The minimum Gasteiger partial charge on any atom is -0.409 e. The second-order valence-electron chi connectivity index (χ2n) is 4.83. The molecule has 0 fully saturated rings. The molecule has 19 heavy (non-hydrogen) atoms. The van der Waals surface area contributed by atoms with E-state index < -0.39 is 5.41 Å². The third-order valence-corrected chi connectivity index (χ3v) is 4.25. The van der Waals surface area contributed by atoms with Crippen LogP contribution in [0.25, 0.3) is 0 Å². The SMILES string of the molecule is CCC(C)(C(=O)NC(C)Cc1cccs1)/C(N)=N/O. The van der Waals surface area contributed by atoms with Crippen LogP contribution in [0.4, 0.5) is 0 Å². The fraction of sp³-hybridized carbons (Fsp3) is 0.538. The molecule has 1 heterocycles. The molecule has 0 bridgehead atoms. The Balaban J connectivity index is 2.67. The first-order valence-electron chi connectivity index (χ1n) is 6.25. The highest BCUT2D eigenvalue weighted by atomic mass is 32.1. The van der Waals surface area contributed by atoms with Gasteiger partial charge in [0.1, 0.15) is 5.41 Å². The zero-order chi connectivity index (χ0) is 14.5. The first-order valence-corrected chi connectivity index (χ1v) is 7.13. The van der Waals surface area contributed by atoms with Gasteiger partial charge in [-0.25, -0.2) is 0 Å². The zero-order valence-electron chi connectivity index (χ0n) is 11.5. The molecule has 0 saturated carbocycles. The van der Waals surface area contributed by atoms with Gasteiger partial charge in [0.2, 0.25) is 5.91 Å². The average molecular weight is 283 g/mol. The third-order valence-electron chi connectivity index (χ3n) is 3.35. The van der Waals surface area contributed by atoms with Gasteiger partial charge in [-0.2, -0.15) is 0 Å². The Labute approximate surface area is 117 Å². The second kappa shape index (κ2) is 6.56. The van der Waals surface area contributed by atoms with Crippen molar-refractivity contribution in [3.05, 3.63) is 22.4 Å². The molecule has 5 nitrogen and oxygen atoms in total. The van der Waals surface area contributed by atoms with Crippen LogP contribution in [0, 0.1) is 5.41 Å². The summed E-state index contributed by atoms with van der Waals surface area (Å²) < 4.78 is 0. The molecule has 2 unspecified atom stereocenters. The summed E-state index contributed by atoms with van der Waals surface area (Å²) in [6.45, 7) is 5.46. The van der Waals surface area contributed by atoms with Gasteiger partial charge >= 0.3 is 0 Å². The number of carbonyl (C=O) groups is 1. The summed E-state index contributed by atoms with van der Waals surface area (Å²) in [5.74, 6) is -0.273. The lowest BCUT2D eigenvalue weighted by Crippen LogP contribution is -2.50. The van der Waals surface area contributed by atoms with Gasteiger partial charge in [0.05, 0.1) is 0 Å². The number of nitrogens with two attached hydrogens (primary N) is 1. The van der Waals surface area contributed by atoms with Gasteiger partial charge in [-0.15, -0.1) is 11.3 Å². The van der Waals surface area contributed by atoms with Crippen LogP contribution in [-0.4, -0.2) is 23.0 Å². The van der Waals surface area contributed by atoms with Crippen LogP contribution in [0.5, 0.6) is 0 Å². The molecule has 0 radical (unpaired) electrons. The van der Waals surface area contributed by atoms with Crippen LogP contribution in [0.15, 0.2) is 22.7 Å². The molecule has 6 heteroatoms. The lowest BCUT2D eigenvalue weighted by atomic mass is 9.85. The highest BCUT2D eigenvalue weighted by Crippen LogP contribution is 2.22. The maximum Gasteiger partial charge on any atom is 0.233 e. The molecule has 1 rings (SSSR count). The fourth-order valence-corrected chi connectivity index (χ4v) is 2.57. The third kappa shape index (κ3) is 3.70. The normalized spacial score (nSPS) is 16.7. The molecule has 1 aromatic rings. The van der Waals surface area contributed by atoms with Crippen molar-refractivity contribution in [3.63, 3.8) is 0 Å². The van der Waals surface area contributed by atoms with Gasteiger partial charge in [-0.3, -0.25) is 4.79 Å². The Morgan fingerprint density at radius 1 is 1.68 bits per heavy atom. The molecule has 0 aromatic carbocycles.